The van der Waals surface area contributed by atoms with Crippen LogP contribution in [0.2, 0.25) is 0 Å². The van der Waals surface area contributed by atoms with E-state index >= 15 is 0 Å². The van der Waals surface area contributed by atoms with Crippen molar-refractivity contribution in [3.63, 3.8) is 0 Å². The second kappa shape index (κ2) is 6.00. The third-order valence-electron chi connectivity index (χ3n) is 5.72. The summed E-state index contributed by atoms with van der Waals surface area (Å²) in [4.78, 5) is 2.55. The van der Waals surface area contributed by atoms with Crippen LogP contribution in [0.15, 0.2) is 24.3 Å². The Balaban J connectivity index is 1.80. The van der Waals surface area contributed by atoms with Crippen molar-refractivity contribution in [1.82, 2.24) is 0 Å². The fourth-order valence-corrected chi connectivity index (χ4v) is 4.44. The molecule has 116 valence electrons. The largest absolute Gasteiger partial charge is 0.393 e. The minimum atomic E-state index is -0.134. The number of anilines is 1. The highest BCUT2D eigenvalue weighted by Gasteiger charge is 2.35. The van der Waals surface area contributed by atoms with Crippen LogP contribution in [0.1, 0.15) is 45.6 Å². The Kier molecular flexibility index (Phi) is 4.26. The van der Waals surface area contributed by atoms with Crippen LogP contribution >= 0.6 is 0 Å². The fraction of sp³-hybridized carbons (Fsp3) is 0.684. The van der Waals surface area contributed by atoms with Gasteiger partial charge in [0.15, 0.2) is 0 Å². The average molecular weight is 287 g/mol. The highest BCUT2D eigenvalue weighted by molar-refractivity contribution is 5.56. The second-order valence-corrected chi connectivity index (χ2v) is 7.45. The van der Waals surface area contributed by atoms with E-state index in [1.807, 2.05) is 0 Å². The van der Waals surface area contributed by atoms with Crippen molar-refractivity contribution in [3.05, 3.63) is 29.8 Å². The van der Waals surface area contributed by atoms with E-state index in [0.717, 1.165) is 13.0 Å². The van der Waals surface area contributed by atoms with E-state index in [4.69, 9.17) is 0 Å². The number of aliphatic hydroxyl groups is 1. The topological polar surface area (TPSA) is 23.5 Å². The van der Waals surface area contributed by atoms with E-state index in [1.165, 1.54) is 30.5 Å². The van der Waals surface area contributed by atoms with Gasteiger partial charge in [-0.15, -0.1) is 0 Å². The van der Waals surface area contributed by atoms with Crippen LogP contribution in [0.4, 0.5) is 5.69 Å². The van der Waals surface area contributed by atoms with Gasteiger partial charge in [0, 0.05) is 24.2 Å². The highest BCUT2D eigenvalue weighted by Crippen LogP contribution is 2.37. The summed E-state index contributed by atoms with van der Waals surface area (Å²) in [5, 5.41) is 10.5. The molecule has 2 aliphatic rings. The summed E-state index contributed by atoms with van der Waals surface area (Å²) in [7, 11) is 0. The van der Waals surface area contributed by atoms with Gasteiger partial charge in [-0.25, -0.2) is 0 Å². The lowest BCUT2D eigenvalue weighted by atomic mass is 9.73. The lowest BCUT2D eigenvalue weighted by molar-refractivity contribution is 0.0192. The van der Waals surface area contributed by atoms with E-state index in [1.54, 1.807) is 0 Å². The number of hydrogen-bond acceptors (Lipinski definition) is 2. The first kappa shape index (κ1) is 14.9. The number of hydrogen-bond donors (Lipinski definition) is 1. The number of para-hydroxylation sites is 1. The maximum Gasteiger partial charge on any atom is 0.0590 e. The van der Waals surface area contributed by atoms with Gasteiger partial charge >= 0.3 is 0 Å². The zero-order valence-corrected chi connectivity index (χ0v) is 13.6. The third kappa shape index (κ3) is 2.96. The first-order valence-corrected chi connectivity index (χ1v) is 8.59. The minimum absolute atomic E-state index is 0.134. The Morgan fingerprint density at radius 3 is 2.67 bits per heavy atom. The Hall–Kier alpha value is -1.02. The van der Waals surface area contributed by atoms with Gasteiger partial charge in [-0.05, 0) is 56.1 Å². The molecule has 0 radical (unpaired) electrons. The quantitative estimate of drug-likeness (QED) is 0.892. The number of aliphatic hydroxyl groups excluding tert-OH is 1. The molecule has 5 unspecified atom stereocenters. The molecule has 1 fully saturated rings. The van der Waals surface area contributed by atoms with Gasteiger partial charge in [0.2, 0.25) is 0 Å². The summed E-state index contributed by atoms with van der Waals surface area (Å²) in [5.41, 5.74) is 2.87. The number of fused-ring (bicyclic) bond motifs is 1. The summed E-state index contributed by atoms with van der Waals surface area (Å²) in [6, 6.07) is 9.39. The summed E-state index contributed by atoms with van der Waals surface area (Å²) in [6.45, 7) is 7.94. The van der Waals surface area contributed by atoms with E-state index in [2.05, 4.69) is 49.9 Å². The smallest absolute Gasteiger partial charge is 0.0590 e. The molecular weight excluding hydrogens is 258 g/mol. The molecule has 1 aromatic carbocycles. The van der Waals surface area contributed by atoms with Crippen LogP contribution in [-0.2, 0) is 6.42 Å². The summed E-state index contributed by atoms with van der Waals surface area (Å²) in [5.74, 6) is 1.69. The first-order chi connectivity index (χ1) is 10.1. The summed E-state index contributed by atoms with van der Waals surface area (Å²) < 4.78 is 0. The highest BCUT2D eigenvalue weighted by atomic mass is 16.3. The van der Waals surface area contributed by atoms with Crippen molar-refractivity contribution in [2.45, 2.75) is 58.6 Å². The van der Waals surface area contributed by atoms with Crippen LogP contribution in [0.5, 0.6) is 0 Å². The molecule has 1 heterocycles. The number of benzene rings is 1. The molecule has 1 aliphatic carbocycles. The van der Waals surface area contributed by atoms with Crippen molar-refractivity contribution < 1.29 is 5.11 Å². The Bertz CT molecular complexity index is 474. The van der Waals surface area contributed by atoms with E-state index in [-0.39, 0.29) is 6.10 Å². The van der Waals surface area contributed by atoms with Crippen LogP contribution in [0.3, 0.4) is 0 Å². The van der Waals surface area contributed by atoms with Gasteiger partial charge in [-0.3, -0.25) is 0 Å². The fourth-order valence-electron chi connectivity index (χ4n) is 4.44. The SMILES string of the molecule is CC1CC(C)C(CN2c3ccccc3CCC2C)C(O)C1. The molecule has 0 amide bonds. The van der Waals surface area contributed by atoms with Crippen molar-refractivity contribution in [2.24, 2.45) is 17.8 Å². The van der Waals surface area contributed by atoms with Crippen molar-refractivity contribution in [3.8, 4) is 0 Å². The zero-order chi connectivity index (χ0) is 15.0. The molecule has 0 spiro atoms. The van der Waals surface area contributed by atoms with Crippen LogP contribution < -0.4 is 4.90 Å². The Morgan fingerprint density at radius 1 is 1.14 bits per heavy atom. The number of nitrogens with zero attached hydrogens (tertiary/aromatic N) is 1. The average Bonchev–Trinajstić information content (AvgIpc) is 2.44. The second-order valence-electron chi connectivity index (χ2n) is 7.45. The van der Waals surface area contributed by atoms with Gasteiger partial charge in [-0.2, -0.15) is 0 Å². The lowest BCUT2D eigenvalue weighted by Gasteiger charge is -2.44. The van der Waals surface area contributed by atoms with Crippen molar-refractivity contribution in [1.29, 1.82) is 0 Å². The zero-order valence-electron chi connectivity index (χ0n) is 13.6. The van der Waals surface area contributed by atoms with Gasteiger partial charge in [0.1, 0.15) is 0 Å². The third-order valence-corrected chi connectivity index (χ3v) is 5.72. The van der Waals surface area contributed by atoms with E-state index in [9.17, 15) is 5.11 Å². The van der Waals surface area contributed by atoms with Crippen LogP contribution in [0, 0.1) is 17.8 Å². The standard InChI is InChI=1S/C19H29NO/c1-13-10-14(2)17(19(21)11-13)12-20-15(3)8-9-16-6-4-5-7-18(16)20/h4-7,13-15,17,19,21H,8-12H2,1-3H3. The molecule has 1 aromatic rings. The molecule has 1 saturated carbocycles. The molecule has 2 heteroatoms. The molecule has 5 atom stereocenters. The maximum absolute atomic E-state index is 10.5. The van der Waals surface area contributed by atoms with Crippen molar-refractivity contribution >= 4 is 5.69 Å². The van der Waals surface area contributed by atoms with Crippen LogP contribution in [-0.4, -0.2) is 23.8 Å². The molecule has 3 rings (SSSR count). The number of aryl methyl sites for hydroxylation is 1. The normalized spacial score (nSPS) is 36.4. The molecular formula is C19H29NO. The first-order valence-electron chi connectivity index (χ1n) is 8.59. The van der Waals surface area contributed by atoms with Crippen LogP contribution in [0.25, 0.3) is 0 Å². The maximum atomic E-state index is 10.5. The van der Waals surface area contributed by atoms with Gasteiger partial charge < -0.3 is 10.0 Å². The van der Waals surface area contributed by atoms with Gasteiger partial charge in [0.05, 0.1) is 6.10 Å². The minimum Gasteiger partial charge on any atom is -0.393 e. The van der Waals surface area contributed by atoms with Gasteiger partial charge in [0.25, 0.3) is 0 Å². The predicted molar refractivity (Wildman–Crippen MR) is 88.6 cm³/mol. The molecule has 21 heavy (non-hydrogen) atoms. The van der Waals surface area contributed by atoms with Gasteiger partial charge in [-0.1, -0.05) is 32.0 Å². The predicted octanol–water partition coefficient (Wildman–Crippen LogP) is 3.87. The Labute approximate surface area is 129 Å². The van der Waals surface area contributed by atoms with E-state index in [0.29, 0.717) is 23.8 Å². The molecule has 0 saturated heterocycles. The summed E-state index contributed by atoms with van der Waals surface area (Å²) >= 11 is 0. The Morgan fingerprint density at radius 2 is 1.90 bits per heavy atom. The molecule has 1 aliphatic heterocycles. The molecule has 1 N–H and O–H groups in total. The lowest BCUT2D eigenvalue weighted by Crippen LogP contribution is -2.47. The van der Waals surface area contributed by atoms with Crippen molar-refractivity contribution in [2.75, 3.05) is 11.4 Å². The molecule has 2 nitrogen and oxygen atoms in total. The number of rotatable bonds is 2. The summed E-state index contributed by atoms with van der Waals surface area (Å²) in [6.07, 6.45) is 4.51. The molecule has 0 aromatic heterocycles. The molecule has 0 bridgehead atoms. The van der Waals surface area contributed by atoms with E-state index < -0.39 is 0 Å². The monoisotopic (exact) mass is 287 g/mol.